The van der Waals surface area contributed by atoms with Crippen LogP contribution in [-0.2, 0) is 4.74 Å². The van der Waals surface area contributed by atoms with Gasteiger partial charge in [-0.1, -0.05) is 11.6 Å². The number of rotatable bonds is 8. The summed E-state index contributed by atoms with van der Waals surface area (Å²) in [6, 6.07) is 1.57. The molecule has 0 aromatic heterocycles. The lowest BCUT2D eigenvalue weighted by molar-refractivity contribution is 0.00568. The number of aliphatic hydroxyl groups excluding tert-OH is 2. The Bertz CT molecular complexity index is 738. The summed E-state index contributed by atoms with van der Waals surface area (Å²) in [4.78, 5) is 15.0. The van der Waals surface area contributed by atoms with Crippen LogP contribution in [-0.4, -0.2) is 86.3 Å². The number of aliphatic hydroxyl groups is 2. The minimum Gasteiger partial charge on any atom is -0.489 e. The Labute approximate surface area is 189 Å². The van der Waals surface area contributed by atoms with Crippen LogP contribution in [0.4, 0.5) is 0 Å². The molecule has 2 heterocycles. The highest BCUT2D eigenvalue weighted by atomic mass is 79.9. The molecule has 2 atom stereocenters. The molecular formula is C20H28BrClN2O6. The summed E-state index contributed by atoms with van der Waals surface area (Å²) in [6.45, 7) is 4.21. The van der Waals surface area contributed by atoms with Crippen LogP contribution in [0.3, 0.4) is 0 Å². The first-order valence-corrected chi connectivity index (χ1v) is 11.3. The molecule has 1 amide bonds. The first-order valence-electron chi connectivity index (χ1n) is 10.2. The summed E-state index contributed by atoms with van der Waals surface area (Å²) >= 11 is 9.66. The van der Waals surface area contributed by atoms with Gasteiger partial charge in [0, 0.05) is 32.0 Å². The first-order chi connectivity index (χ1) is 14.5. The quantitative estimate of drug-likeness (QED) is 0.460. The number of halogens is 2. The van der Waals surface area contributed by atoms with E-state index in [1.165, 1.54) is 0 Å². The van der Waals surface area contributed by atoms with Crippen molar-refractivity contribution < 1.29 is 29.2 Å². The third-order valence-electron chi connectivity index (χ3n) is 5.27. The van der Waals surface area contributed by atoms with Crippen molar-refractivity contribution in [1.29, 1.82) is 0 Å². The van der Waals surface area contributed by atoms with E-state index in [2.05, 4.69) is 26.1 Å². The molecule has 0 spiro atoms. The van der Waals surface area contributed by atoms with Crippen molar-refractivity contribution in [3.8, 4) is 11.5 Å². The van der Waals surface area contributed by atoms with Gasteiger partial charge in [0.1, 0.15) is 0 Å². The maximum absolute atomic E-state index is 12.9. The molecule has 8 nitrogen and oxygen atoms in total. The number of hydrogen-bond donors (Lipinski definition) is 3. The van der Waals surface area contributed by atoms with Crippen LogP contribution < -0.4 is 14.8 Å². The second kappa shape index (κ2) is 11.5. The Kier molecular flexibility index (Phi) is 9.03. The first kappa shape index (κ1) is 23.6. The highest BCUT2D eigenvalue weighted by molar-refractivity contribution is 9.10. The lowest BCUT2D eigenvalue weighted by Gasteiger charge is -2.35. The predicted molar refractivity (Wildman–Crippen MR) is 116 cm³/mol. The van der Waals surface area contributed by atoms with E-state index in [1.54, 1.807) is 6.07 Å². The van der Waals surface area contributed by atoms with E-state index in [0.29, 0.717) is 72.6 Å². The van der Waals surface area contributed by atoms with Gasteiger partial charge in [0.2, 0.25) is 0 Å². The van der Waals surface area contributed by atoms with Gasteiger partial charge in [-0.15, -0.1) is 0 Å². The van der Waals surface area contributed by atoms with Crippen LogP contribution >= 0.6 is 27.5 Å². The van der Waals surface area contributed by atoms with Gasteiger partial charge in [0.15, 0.2) is 11.5 Å². The highest BCUT2D eigenvalue weighted by Crippen LogP contribution is 2.44. The van der Waals surface area contributed by atoms with Crippen molar-refractivity contribution in [3.05, 3.63) is 21.1 Å². The number of carbonyl (C=O) groups is 1. The molecule has 1 saturated heterocycles. The number of carbonyl (C=O) groups excluding carboxylic acids is 1. The van der Waals surface area contributed by atoms with E-state index in [4.69, 9.17) is 30.9 Å². The fraction of sp³-hybridized carbons (Fsp3) is 0.650. The van der Waals surface area contributed by atoms with Crippen LogP contribution in [0, 0.1) is 5.92 Å². The Morgan fingerprint density at radius 1 is 1.33 bits per heavy atom. The second-order valence-corrected chi connectivity index (χ2v) is 8.59. The molecule has 10 heteroatoms. The van der Waals surface area contributed by atoms with Gasteiger partial charge in [-0.3, -0.25) is 9.69 Å². The molecule has 0 saturated carbocycles. The molecule has 1 unspecified atom stereocenters. The number of fused-ring (bicyclic) bond motifs is 1. The monoisotopic (exact) mass is 506 g/mol. The van der Waals surface area contributed by atoms with Crippen LogP contribution in [0.2, 0.25) is 5.02 Å². The summed E-state index contributed by atoms with van der Waals surface area (Å²) in [6.07, 6.45) is 0.942. The Balaban J connectivity index is 1.56. The van der Waals surface area contributed by atoms with E-state index in [-0.39, 0.29) is 18.4 Å². The van der Waals surface area contributed by atoms with Crippen molar-refractivity contribution in [2.45, 2.75) is 18.9 Å². The molecule has 1 aromatic rings. The third-order valence-corrected chi connectivity index (χ3v) is 6.59. The predicted octanol–water partition coefficient (Wildman–Crippen LogP) is 1.69. The molecule has 30 heavy (non-hydrogen) atoms. The normalized spacial score (nSPS) is 21.9. The number of benzene rings is 1. The fourth-order valence-electron chi connectivity index (χ4n) is 3.60. The van der Waals surface area contributed by atoms with Crippen molar-refractivity contribution in [3.63, 3.8) is 0 Å². The summed E-state index contributed by atoms with van der Waals surface area (Å²) in [5.41, 5.74) is 0.327. The zero-order valence-corrected chi connectivity index (χ0v) is 19.1. The zero-order valence-electron chi connectivity index (χ0n) is 16.7. The Morgan fingerprint density at radius 2 is 2.10 bits per heavy atom. The molecule has 0 radical (unpaired) electrons. The minimum atomic E-state index is -0.540. The van der Waals surface area contributed by atoms with Crippen LogP contribution in [0.5, 0.6) is 11.5 Å². The molecule has 1 fully saturated rings. The second-order valence-electron chi connectivity index (χ2n) is 7.39. The van der Waals surface area contributed by atoms with E-state index in [9.17, 15) is 9.90 Å². The number of nitrogens with one attached hydrogen (secondary N) is 1. The molecule has 0 aliphatic carbocycles. The van der Waals surface area contributed by atoms with E-state index in [1.807, 2.05) is 0 Å². The van der Waals surface area contributed by atoms with Crippen molar-refractivity contribution in [2.75, 3.05) is 59.2 Å². The maximum Gasteiger partial charge on any atom is 0.255 e. The number of piperidine rings is 1. The van der Waals surface area contributed by atoms with Crippen molar-refractivity contribution in [1.82, 2.24) is 10.2 Å². The number of amides is 1. The van der Waals surface area contributed by atoms with Crippen LogP contribution in [0.25, 0.3) is 0 Å². The van der Waals surface area contributed by atoms with Gasteiger partial charge in [0.05, 0.1) is 54.2 Å². The minimum absolute atomic E-state index is 0.00828. The zero-order chi connectivity index (χ0) is 21.5. The van der Waals surface area contributed by atoms with Gasteiger partial charge in [-0.2, -0.15) is 0 Å². The topological polar surface area (TPSA) is 100 Å². The van der Waals surface area contributed by atoms with Crippen LogP contribution in [0.1, 0.15) is 23.2 Å². The molecule has 168 valence electrons. The lowest BCUT2D eigenvalue weighted by Crippen LogP contribution is -2.48. The molecule has 2 aliphatic heterocycles. The number of nitrogens with zero attached hydrogens (tertiary/aromatic N) is 1. The van der Waals surface area contributed by atoms with Crippen molar-refractivity contribution >= 4 is 33.4 Å². The Morgan fingerprint density at radius 3 is 2.83 bits per heavy atom. The van der Waals surface area contributed by atoms with Gasteiger partial charge in [-0.05, 0) is 35.0 Å². The SMILES string of the molecule is O=C(NC[C@@H]1CCN(CCOCCO)CC1O)c1cc(Cl)c(Br)c2c1OCCCO2. The number of β-amino-alcohol motifs (C(OH)–C–C–N with tert-alkyl or cyclic N) is 1. The lowest BCUT2D eigenvalue weighted by atomic mass is 9.93. The Hall–Kier alpha value is -1.10. The summed E-state index contributed by atoms with van der Waals surface area (Å²) < 4.78 is 17.3. The maximum atomic E-state index is 12.9. The largest absolute Gasteiger partial charge is 0.489 e. The highest BCUT2D eigenvalue weighted by Gasteiger charge is 2.29. The van der Waals surface area contributed by atoms with E-state index in [0.717, 1.165) is 19.4 Å². The average molecular weight is 508 g/mol. The number of ether oxygens (including phenoxy) is 3. The third kappa shape index (κ3) is 5.99. The standard InChI is InChI=1S/C20H28BrClN2O6/c21-17-15(22)10-14(18-19(17)30-7-1-6-29-18)20(27)23-11-13-2-3-24(12-16(13)26)4-8-28-9-5-25/h10,13,16,25-26H,1-9,11-12H2,(H,23,27)/t13-,16?/m0/s1. The molecule has 3 rings (SSSR count). The molecule has 0 bridgehead atoms. The van der Waals surface area contributed by atoms with E-state index < -0.39 is 6.10 Å². The number of likely N-dealkylation sites (tertiary alicyclic amines) is 1. The molecule has 3 N–H and O–H groups in total. The fourth-order valence-corrected chi connectivity index (χ4v) is 4.20. The molecule has 1 aromatic carbocycles. The molecular weight excluding hydrogens is 480 g/mol. The van der Waals surface area contributed by atoms with Gasteiger partial charge in [0.25, 0.3) is 5.91 Å². The van der Waals surface area contributed by atoms with Gasteiger partial charge in [-0.25, -0.2) is 0 Å². The summed E-state index contributed by atoms with van der Waals surface area (Å²) in [5.74, 6) is 0.491. The number of hydrogen-bond acceptors (Lipinski definition) is 7. The van der Waals surface area contributed by atoms with E-state index >= 15 is 0 Å². The van der Waals surface area contributed by atoms with Crippen LogP contribution in [0.15, 0.2) is 10.5 Å². The molecule has 2 aliphatic rings. The average Bonchev–Trinajstić information content (AvgIpc) is 2.99. The smallest absolute Gasteiger partial charge is 0.255 e. The summed E-state index contributed by atoms with van der Waals surface area (Å²) in [7, 11) is 0. The van der Waals surface area contributed by atoms with Gasteiger partial charge < -0.3 is 29.7 Å². The van der Waals surface area contributed by atoms with Crippen molar-refractivity contribution in [2.24, 2.45) is 5.92 Å². The van der Waals surface area contributed by atoms with Gasteiger partial charge >= 0.3 is 0 Å². The summed E-state index contributed by atoms with van der Waals surface area (Å²) in [5, 5.41) is 22.5.